The Labute approximate surface area is 197 Å². The average molecular weight is 477 g/mol. The van der Waals surface area contributed by atoms with Gasteiger partial charge in [-0.3, -0.25) is 9.78 Å². The summed E-state index contributed by atoms with van der Waals surface area (Å²) in [6.07, 6.45) is 13.1. The van der Waals surface area contributed by atoms with E-state index in [1.807, 2.05) is 29.8 Å². The lowest BCUT2D eigenvalue weighted by atomic mass is 10.1. The first-order valence-electron chi connectivity index (χ1n) is 10.6. The Morgan fingerprint density at radius 3 is 2.59 bits per heavy atom. The number of carbonyl (C=O) groups is 1. The van der Waals surface area contributed by atoms with Gasteiger partial charge in [-0.15, -0.1) is 0 Å². The Bertz CT molecular complexity index is 1420. The molecule has 0 aliphatic carbocycles. The van der Waals surface area contributed by atoms with Gasteiger partial charge in [0.05, 0.1) is 10.6 Å². The van der Waals surface area contributed by atoms with Crippen LogP contribution in [0.3, 0.4) is 0 Å². The van der Waals surface area contributed by atoms with Crippen molar-refractivity contribution in [2.24, 2.45) is 0 Å². The highest BCUT2D eigenvalue weighted by Crippen LogP contribution is 2.24. The van der Waals surface area contributed by atoms with Gasteiger partial charge in [0.25, 0.3) is 0 Å². The third kappa shape index (κ3) is 5.46. The SMILES string of the molecule is Cc1nccn1CCNC(=O)/C=C/c1cn(-c2ccc(S(C)(=O)=O)cc2)nc1-c1cccnc1. The van der Waals surface area contributed by atoms with Gasteiger partial charge in [0, 0.05) is 67.5 Å². The number of rotatable bonds is 8. The van der Waals surface area contributed by atoms with Gasteiger partial charge in [0.1, 0.15) is 11.5 Å². The molecule has 0 aliphatic rings. The predicted octanol–water partition coefficient (Wildman–Crippen LogP) is 2.67. The lowest BCUT2D eigenvalue weighted by Crippen LogP contribution is -2.25. The summed E-state index contributed by atoms with van der Waals surface area (Å²) in [7, 11) is -3.29. The zero-order chi connectivity index (χ0) is 24.1. The van der Waals surface area contributed by atoms with Crippen molar-refractivity contribution in [1.29, 1.82) is 0 Å². The summed E-state index contributed by atoms with van der Waals surface area (Å²) in [5.41, 5.74) is 2.86. The third-order valence-electron chi connectivity index (χ3n) is 5.20. The minimum absolute atomic E-state index is 0.222. The smallest absolute Gasteiger partial charge is 0.244 e. The summed E-state index contributed by atoms with van der Waals surface area (Å²) >= 11 is 0. The minimum atomic E-state index is -3.29. The fraction of sp³-hybridized carbons (Fsp3) is 0.167. The predicted molar refractivity (Wildman–Crippen MR) is 129 cm³/mol. The fourth-order valence-corrected chi connectivity index (χ4v) is 4.01. The second-order valence-electron chi connectivity index (χ2n) is 7.68. The van der Waals surface area contributed by atoms with E-state index in [1.165, 1.54) is 12.3 Å². The highest BCUT2D eigenvalue weighted by Gasteiger charge is 2.12. The van der Waals surface area contributed by atoms with Crippen molar-refractivity contribution in [1.82, 2.24) is 29.6 Å². The Balaban J connectivity index is 1.55. The average Bonchev–Trinajstić information content (AvgIpc) is 3.44. The molecule has 0 radical (unpaired) electrons. The quantitative estimate of drug-likeness (QED) is 0.391. The molecule has 34 heavy (non-hydrogen) atoms. The normalized spacial score (nSPS) is 11.7. The molecule has 0 spiro atoms. The first-order chi connectivity index (χ1) is 16.3. The highest BCUT2D eigenvalue weighted by atomic mass is 32.2. The van der Waals surface area contributed by atoms with Crippen molar-refractivity contribution < 1.29 is 13.2 Å². The lowest BCUT2D eigenvalue weighted by molar-refractivity contribution is -0.116. The van der Waals surface area contributed by atoms with E-state index in [0.29, 0.717) is 24.5 Å². The van der Waals surface area contributed by atoms with Crippen molar-refractivity contribution in [2.75, 3.05) is 12.8 Å². The number of carbonyl (C=O) groups excluding carboxylic acids is 1. The molecule has 0 unspecified atom stereocenters. The van der Waals surface area contributed by atoms with E-state index in [-0.39, 0.29) is 10.8 Å². The maximum Gasteiger partial charge on any atom is 0.244 e. The molecule has 4 rings (SSSR count). The standard InChI is InChI=1S/C24H24N6O3S/c1-18-26-12-14-29(18)15-13-27-23(31)10-5-20-17-30(28-24(20)19-4-3-11-25-16-19)21-6-8-22(9-7-21)34(2,32)33/h3-12,14,16-17H,13,15H2,1-2H3,(H,27,31)/b10-5+. The first kappa shape index (κ1) is 23.1. The zero-order valence-corrected chi connectivity index (χ0v) is 19.6. The Kier molecular flexibility index (Phi) is 6.69. The second kappa shape index (κ2) is 9.84. The van der Waals surface area contributed by atoms with E-state index < -0.39 is 9.84 Å². The molecule has 0 aliphatic heterocycles. The van der Waals surface area contributed by atoms with E-state index >= 15 is 0 Å². The molecule has 1 N–H and O–H groups in total. The van der Waals surface area contributed by atoms with Crippen LogP contribution in [0.25, 0.3) is 23.0 Å². The first-order valence-corrected chi connectivity index (χ1v) is 12.4. The number of aryl methyl sites for hydroxylation is 1. The topological polar surface area (TPSA) is 112 Å². The summed E-state index contributed by atoms with van der Waals surface area (Å²) in [5.74, 6) is 0.669. The fourth-order valence-electron chi connectivity index (χ4n) is 3.38. The van der Waals surface area contributed by atoms with Gasteiger partial charge < -0.3 is 9.88 Å². The van der Waals surface area contributed by atoms with Crippen LogP contribution in [-0.4, -0.2) is 51.4 Å². The van der Waals surface area contributed by atoms with Gasteiger partial charge in [-0.1, -0.05) is 0 Å². The van der Waals surface area contributed by atoms with Gasteiger partial charge in [0.2, 0.25) is 5.91 Å². The van der Waals surface area contributed by atoms with Crippen LogP contribution in [0.4, 0.5) is 0 Å². The molecule has 9 nitrogen and oxygen atoms in total. The van der Waals surface area contributed by atoms with Crippen LogP contribution in [0.15, 0.2) is 78.4 Å². The van der Waals surface area contributed by atoms with Crippen LogP contribution < -0.4 is 5.32 Å². The van der Waals surface area contributed by atoms with Crippen LogP contribution in [0.5, 0.6) is 0 Å². The number of nitrogens with zero attached hydrogens (tertiary/aromatic N) is 5. The van der Waals surface area contributed by atoms with Gasteiger partial charge in [-0.05, 0) is 49.4 Å². The summed E-state index contributed by atoms with van der Waals surface area (Å²) in [6, 6.07) is 10.2. The molecule has 3 aromatic heterocycles. The number of aromatic nitrogens is 5. The Morgan fingerprint density at radius 1 is 1.15 bits per heavy atom. The van der Waals surface area contributed by atoms with E-state index in [2.05, 4.69) is 20.4 Å². The summed E-state index contributed by atoms with van der Waals surface area (Å²) < 4.78 is 27.1. The molecule has 0 fully saturated rings. The molecule has 1 aromatic carbocycles. The van der Waals surface area contributed by atoms with E-state index in [1.54, 1.807) is 59.8 Å². The molecule has 174 valence electrons. The summed E-state index contributed by atoms with van der Waals surface area (Å²) in [6.45, 7) is 3.02. The molecule has 3 heterocycles. The van der Waals surface area contributed by atoms with Gasteiger partial charge >= 0.3 is 0 Å². The maximum absolute atomic E-state index is 12.4. The number of amides is 1. The maximum atomic E-state index is 12.4. The second-order valence-corrected chi connectivity index (χ2v) is 9.69. The molecule has 1 amide bonds. The van der Waals surface area contributed by atoms with Crippen molar-refractivity contribution >= 4 is 21.8 Å². The number of nitrogens with one attached hydrogen (secondary N) is 1. The number of hydrogen-bond acceptors (Lipinski definition) is 6. The van der Waals surface area contributed by atoms with Gasteiger partial charge in [-0.25, -0.2) is 18.1 Å². The third-order valence-corrected chi connectivity index (χ3v) is 6.33. The summed E-state index contributed by atoms with van der Waals surface area (Å²) in [4.78, 5) is 20.9. The number of imidazole rings is 1. The largest absolute Gasteiger partial charge is 0.351 e. The Hall–Kier alpha value is -4.05. The number of sulfone groups is 1. The van der Waals surface area contributed by atoms with Crippen LogP contribution in [-0.2, 0) is 21.2 Å². The number of pyridine rings is 1. The van der Waals surface area contributed by atoms with E-state index in [9.17, 15) is 13.2 Å². The molecule has 10 heteroatoms. The van der Waals surface area contributed by atoms with E-state index in [0.717, 1.165) is 17.0 Å². The molecule has 0 atom stereocenters. The minimum Gasteiger partial charge on any atom is -0.351 e. The zero-order valence-electron chi connectivity index (χ0n) is 18.8. The molecule has 4 aromatic rings. The summed E-state index contributed by atoms with van der Waals surface area (Å²) in [5, 5.41) is 7.53. The van der Waals surface area contributed by atoms with E-state index in [4.69, 9.17) is 0 Å². The van der Waals surface area contributed by atoms with Crippen LogP contribution in [0.2, 0.25) is 0 Å². The number of hydrogen-bond donors (Lipinski definition) is 1. The van der Waals surface area contributed by atoms with Crippen LogP contribution >= 0.6 is 0 Å². The molecule has 0 saturated carbocycles. The van der Waals surface area contributed by atoms with Crippen molar-refractivity contribution in [3.63, 3.8) is 0 Å². The molecular formula is C24H24N6O3S. The monoisotopic (exact) mass is 476 g/mol. The highest BCUT2D eigenvalue weighted by molar-refractivity contribution is 7.90. The van der Waals surface area contributed by atoms with Crippen molar-refractivity contribution in [3.8, 4) is 16.9 Å². The Morgan fingerprint density at radius 2 is 1.94 bits per heavy atom. The van der Waals surface area contributed by atoms with Crippen LogP contribution in [0, 0.1) is 6.92 Å². The molecular weight excluding hydrogens is 452 g/mol. The molecule has 0 bridgehead atoms. The van der Waals surface area contributed by atoms with Crippen LogP contribution in [0.1, 0.15) is 11.4 Å². The number of benzene rings is 1. The van der Waals surface area contributed by atoms with Gasteiger partial charge in [0.15, 0.2) is 9.84 Å². The lowest BCUT2D eigenvalue weighted by Gasteiger charge is -2.05. The van der Waals surface area contributed by atoms with Crippen molar-refractivity contribution in [2.45, 2.75) is 18.4 Å². The van der Waals surface area contributed by atoms with Crippen molar-refractivity contribution in [3.05, 3.63) is 84.8 Å². The van der Waals surface area contributed by atoms with Gasteiger partial charge in [-0.2, -0.15) is 5.10 Å². The molecule has 0 saturated heterocycles.